The highest BCUT2D eigenvalue weighted by molar-refractivity contribution is 6.30. The zero-order chi connectivity index (χ0) is 18.0. The predicted molar refractivity (Wildman–Crippen MR) is 98.6 cm³/mol. The van der Waals surface area contributed by atoms with Crippen LogP contribution < -0.4 is 5.73 Å². The molecule has 25 heavy (non-hydrogen) atoms. The largest absolute Gasteiger partial charge is 0.383 e. The summed E-state index contributed by atoms with van der Waals surface area (Å²) in [5, 5.41) is 9.61. The molecule has 0 saturated carbocycles. The SMILES string of the molecule is CCc1c(-c2ccccc2)nc(N)c(C#N)c1-c1ccc(Cl)c(F)c1. The minimum atomic E-state index is -0.540. The van der Waals surface area contributed by atoms with Crippen molar-refractivity contribution in [3.05, 3.63) is 70.5 Å². The summed E-state index contributed by atoms with van der Waals surface area (Å²) in [4.78, 5) is 4.45. The van der Waals surface area contributed by atoms with Crippen LogP contribution in [0.4, 0.5) is 10.2 Å². The number of halogens is 2. The molecular formula is C20H15ClFN3. The Hall–Kier alpha value is -2.90. The van der Waals surface area contributed by atoms with Gasteiger partial charge in [-0.15, -0.1) is 0 Å². The molecule has 2 N–H and O–H groups in total. The second-order valence-electron chi connectivity index (χ2n) is 5.53. The molecule has 0 aliphatic heterocycles. The molecule has 124 valence electrons. The zero-order valence-corrected chi connectivity index (χ0v) is 14.3. The number of nitrogens with two attached hydrogens (primary N) is 1. The summed E-state index contributed by atoms with van der Waals surface area (Å²) in [5.41, 5.74) is 9.89. The number of anilines is 1. The fourth-order valence-electron chi connectivity index (χ4n) is 2.90. The molecule has 1 heterocycles. The lowest BCUT2D eigenvalue weighted by Crippen LogP contribution is -2.05. The Morgan fingerprint density at radius 3 is 2.48 bits per heavy atom. The molecule has 0 fully saturated rings. The highest BCUT2D eigenvalue weighted by atomic mass is 35.5. The van der Waals surface area contributed by atoms with E-state index in [0.29, 0.717) is 23.2 Å². The maximum absolute atomic E-state index is 14.0. The first kappa shape index (κ1) is 16.9. The average molecular weight is 352 g/mol. The lowest BCUT2D eigenvalue weighted by molar-refractivity contribution is 0.629. The Balaban J connectivity index is 2.38. The monoisotopic (exact) mass is 351 g/mol. The van der Waals surface area contributed by atoms with Crippen molar-refractivity contribution in [2.24, 2.45) is 0 Å². The van der Waals surface area contributed by atoms with Gasteiger partial charge in [0.15, 0.2) is 0 Å². The van der Waals surface area contributed by atoms with E-state index < -0.39 is 5.82 Å². The van der Waals surface area contributed by atoms with E-state index in [2.05, 4.69) is 11.1 Å². The van der Waals surface area contributed by atoms with Crippen molar-refractivity contribution in [3.8, 4) is 28.5 Å². The number of pyridine rings is 1. The minimum Gasteiger partial charge on any atom is -0.383 e. The van der Waals surface area contributed by atoms with Gasteiger partial charge in [0, 0.05) is 11.1 Å². The fourth-order valence-corrected chi connectivity index (χ4v) is 3.02. The number of rotatable bonds is 3. The summed E-state index contributed by atoms with van der Waals surface area (Å²) in [7, 11) is 0. The van der Waals surface area contributed by atoms with Crippen molar-refractivity contribution in [3.63, 3.8) is 0 Å². The van der Waals surface area contributed by atoms with Gasteiger partial charge in [0.1, 0.15) is 23.3 Å². The quantitative estimate of drug-likeness (QED) is 0.703. The maximum atomic E-state index is 14.0. The number of nitrogen functional groups attached to an aromatic ring is 1. The first-order valence-corrected chi connectivity index (χ1v) is 8.17. The Labute approximate surface area is 150 Å². The van der Waals surface area contributed by atoms with Gasteiger partial charge in [-0.3, -0.25) is 0 Å². The van der Waals surface area contributed by atoms with Crippen LogP contribution in [0.1, 0.15) is 18.1 Å². The van der Waals surface area contributed by atoms with Crippen LogP contribution in [0.2, 0.25) is 5.02 Å². The van der Waals surface area contributed by atoms with Gasteiger partial charge in [-0.2, -0.15) is 5.26 Å². The smallest absolute Gasteiger partial charge is 0.142 e. The van der Waals surface area contributed by atoms with Crippen LogP contribution in [0, 0.1) is 17.1 Å². The molecule has 0 spiro atoms. The Bertz CT molecular complexity index is 978. The van der Waals surface area contributed by atoms with E-state index in [1.54, 1.807) is 6.07 Å². The lowest BCUT2D eigenvalue weighted by atomic mass is 9.90. The molecule has 0 saturated heterocycles. The first-order chi connectivity index (χ1) is 12.1. The van der Waals surface area contributed by atoms with Gasteiger partial charge >= 0.3 is 0 Å². The molecule has 0 radical (unpaired) electrons. The van der Waals surface area contributed by atoms with Crippen LogP contribution >= 0.6 is 11.6 Å². The summed E-state index contributed by atoms with van der Waals surface area (Å²) >= 11 is 5.80. The average Bonchev–Trinajstić information content (AvgIpc) is 2.63. The third-order valence-electron chi connectivity index (χ3n) is 4.05. The molecule has 3 rings (SSSR count). The van der Waals surface area contributed by atoms with Crippen LogP contribution in [0.5, 0.6) is 0 Å². The van der Waals surface area contributed by atoms with Crippen molar-refractivity contribution in [1.82, 2.24) is 4.98 Å². The highest BCUT2D eigenvalue weighted by Crippen LogP contribution is 2.37. The molecule has 2 aromatic carbocycles. The molecule has 0 aliphatic rings. The minimum absolute atomic E-state index is 0.0330. The molecule has 0 bridgehead atoms. The zero-order valence-electron chi connectivity index (χ0n) is 13.6. The molecule has 3 aromatic rings. The van der Waals surface area contributed by atoms with E-state index in [9.17, 15) is 9.65 Å². The Morgan fingerprint density at radius 1 is 1.16 bits per heavy atom. The molecule has 1 aromatic heterocycles. The van der Waals surface area contributed by atoms with Crippen LogP contribution in [0.3, 0.4) is 0 Å². The highest BCUT2D eigenvalue weighted by Gasteiger charge is 2.20. The molecule has 0 aliphatic carbocycles. The number of nitriles is 1. The number of nitrogens with zero attached hydrogens (tertiary/aromatic N) is 2. The molecule has 0 unspecified atom stereocenters. The van der Waals surface area contributed by atoms with Crippen LogP contribution in [-0.4, -0.2) is 4.98 Å². The standard InChI is InChI=1S/C20H15ClFN3/c1-2-14-18(13-8-9-16(21)17(22)10-13)15(11-23)20(24)25-19(14)12-6-4-3-5-7-12/h3-10H,2H2,1H3,(H2,24,25). The first-order valence-electron chi connectivity index (χ1n) is 7.80. The van der Waals surface area contributed by atoms with Crippen LogP contribution in [0.25, 0.3) is 22.4 Å². The van der Waals surface area contributed by atoms with Crippen LogP contribution in [-0.2, 0) is 6.42 Å². The molecular weight excluding hydrogens is 337 g/mol. The van der Waals surface area contributed by atoms with Crippen LogP contribution in [0.15, 0.2) is 48.5 Å². The topological polar surface area (TPSA) is 62.7 Å². The number of aromatic nitrogens is 1. The lowest BCUT2D eigenvalue weighted by Gasteiger charge is -2.17. The van der Waals surface area contributed by atoms with Crippen molar-refractivity contribution in [1.29, 1.82) is 5.26 Å². The second kappa shape index (κ2) is 6.92. The number of hydrogen-bond donors (Lipinski definition) is 1. The van der Waals surface area contributed by atoms with Crippen molar-refractivity contribution < 1.29 is 4.39 Å². The van der Waals surface area contributed by atoms with E-state index in [-0.39, 0.29) is 16.4 Å². The number of hydrogen-bond acceptors (Lipinski definition) is 3. The van der Waals surface area contributed by atoms with Gasteiger partial charge in [0.2, 0.25) is 0 Å². The van der Waals surface area contributed by atoms with E-state index in [1.165, 1.54) is 12.1 Å². The van der Waals surface area contributed by atoms with Gasteiger partial charge in [-0.25, -0.2) is 9.37 Å². The normalized spacial score (nSPS) is 10.5. The fraction of sp³-hybridized carbons (Fsp3) is 0.100. The van der Waals surface area contributed by atoms with Crippen molar-refractivity contribution in [2.75, 3.05) is 5.73 Å². The van der Waals surface area contributed by atoms with Gasteiger partial charge < -0.3 is 5.73 Å². The van der Waals surface area contributed by atoms with E-state index in [4.69, 9.17) is 17.3 Å². The maximum Gasteiger partial charge on any atom is 0.142 e. The molecule has 0 amide bonds. The Morgan fingerprint density at radius 2 is 1.88 bits per heavy atom. The molecule has 3 nitrogen and oxygen atoms in total. The van der Waals surface area contributed by atoms with Gasteiger partial charge in [0.25, 0.3) is 0 Å². The second-order valence-corrected chi connectivity index (χ2v) is 5.94. The van der Waals surface area contributed by atoms with Crippen molar-refractivity contribution >= 4 is 17.4 Å². The summed E-state index contributed by atoms with van der Waals surface area (Å²) < 4.78 is 14.0. The molecule has 0 atom stereocenters. The Kier molecular flexibility index (Phi) is 4.69. The summed E-state index contributed by atoms with van der Waals surface area (Å²) in [6.07, 6.45) is 0.617. The summed E-state index contributed by atoms with van der Waals surface area (Å²) in [5.74, 6) is -0.411. The number of benzene rings is 2. The van der Waals surface area contributed by atoms with E-state index in [0.717, 1.165) is 11.1 Å². The summed E-state index contributed by atoms with van der Waals surface area (Å²) in [6, 6.07) is 16.2. The predicted octanol–water partition coefficient (Wildman–Crippen LogP) is 5.22. The van der Waals surface area contributed by atoms with Gasteiger partial charge in [-0.05, 0) is 29.7 Å². The van der Waals surface area contributed by atoms with Gasteiger partial charge in [0.05, 0.1) is 10.7 Å². The van der Waals surface area contributed by atoms with Crippen molar-refractivity contribution in [2.45, 2.75) is 13.3 Å². The van der Waals surface area contributed by atoms with Gasteiger partial charge in [-0.1, -0.05) is 54.9 Å². The summed E-state index contributed by atoms with van der Waals surface area (Å²) in [6.45, 7) is 1.97. The third-order valence-corrected chi connectivity index (χ3v) is 4.35. The third kappa shape index (κ3) is 3.07. The van der Waals surface area contributed by atoms with E-state index >= 15 is 0 Å². The molecule has 5 heteroatoms. The van der Waals surface area contributed by atoms with E-state index in [1.807, 2.05) is 37.3 Å².